The van der Waals surface area contributed by atoms with E-state index in [4.69, 9.17) is 0 Å². The summed E-state index contributed by atoms with van der Waals surface area (Å²) < 4.78 is 0. The molecule has 2 aromatic carbocycles. The fourth-order valence-electron chi connectivity index (χ4n) is 4.34. The summed E-state index contributed by atoms with van der Waals surface area (Å²) in [7, 11) is 0. The van der Waals surface area contributed by atoms with Gasteiger partial charge in [0.1, 0.15) is 0 Å². The summed E-state index contributed by atoms with van der Waals surface area (Å²) in [5.74, 6) is 2.28. The van der Waals surface area contributed by atoms with Crippen LogP contribution in [0.4, 0.5) is 0 Å². The first-order valence-electron chi connectivity index (χ1n) is 9.37. The van der Waals surface area contributed by atoms with Crippen molar-refractivity contribution in [3.63, 3.8) is 0 Å². The molecule has 0 bridgehead atoms. The molecule has 0 heterocycles. The first-order valence-corrected chi connectivity index (χ1v) is 9.37. The van der Waals surface area contributed by atoms with Crippen LogP contribution >= 0.6 is 0 Å². The molecule has 2 aromatic rings. The molecule has 0 spiro atoms. The van der Waals surface area contributed by atoms with Crippen LogP contribution in [0.25, 0.3) is 10.8 Å². The van der Waals surface area contributed by atoms with Gasteiger partial charge in [-0.05, 0) is 22.6 Å². The van der Waals surface area contributed by atoms with E-state index in [2.05, 4.69) is 48.5 Å². The molecule has 0 N–H and O–H groups in total. The van der Waals surface area contributed by atoms with Gasteiger partial charge in [-0.3, -0.25) is 0 Å². The zero-order valence-electron chi connectivity index (χ0n) is 13.8. The summed E-state index contributed by atoms with van der Waals surface area (Å²) in [6.45, 7) is 0. The van der Waals surface area contributed by atoms with Gasteiger partial charge in [-0.2, -0.15) is 0 Å². The molecule has 0 radical (unpaired) electrons. The second-order valence-corrected chi connectivity index (χ2v) is 7.14. The molecule has 22 heavy (non-hydrogen) atoms. The lowest BCUT2D eigenvalue weighted by molar-refractivity contribution is 0.196. The van der Waals surface area contributed by atoms with Crippen LogP contribution in [0.5, 0.6) is 0 Å². The Bertz CT molecular complexity index is 463. The molecule has 0 nitrogen and oxygen atoms in total. The third-order valence-electron chi connectivity index (χ3n) is 5.63. The van der Waals surface area contributed by atoms with Crippen LogP contribution in [0.1, 0.15) is 64.2 Å². The maximum atomic E-state index is 2.12. The molecule has 0 aromatic heterocycles. The Morgan fingerprint density at radius 2 is 0.773 bits per heavy atom. The molecule has 2 aliphatic rings. The molecule has 0 unspecified atom stereocenters. The SMILES string of the molecule is C1CCC(C2CCCCC2)CC1.c1ccc2ccccc2c1. The van der Waals surface area contributed by atoms with Crippen molar-refractivity contribution in [3.8, 4) is 0 Å². The zero-order valence-corrected chi connectivity index (χ0v) is 13.8. The van der Waals surface area contributed by atoms with Crippen molar-refractivity contribution < 1.29 is 0 Å². The van der Waals surface area contributed by atoms with Gasteiger partial charge < -0.3 is 0 Å². The summed E-state index contributed by atoms with van der Waals surface area (Å²) in [4.78, 5) is 0. The highest BCUT2D eigenvalue weighted by Gasteiger charge is 2.24. The average molecular weight is 294 g/mol. The molecule has 0 aliphatic heterocycles. The van der Waals surface area contributed by atoms with E-state index >= 15 is 0 Å². The van der Waals surface area contributed by atoms with Crippen molar-refractivity contribution in [1.29, 1.82) is 0 Å². The standard InChI is InChI=1S/C12H22.C10H8/c1-3-7-11(8-4-1)12-9-5-2-6-10-12;1-2-6-10-8-4-3-7-9(10)5-1/h11-12H,1-10H2;1-8H. The largest absolute Gasteiger partial charge is 0.0616 e. The molecule has 2 fully saturated rings. The number of benzene rings is 2. The summed E-state index contributed by atoms with van der Waals surface area (Å²) >= 11 is 0. The van der Waals surface area contributed by atoms with Crippen molar-refractivity contribution in [3.05, 3.63) is 48.5 Å². The Morgan fingerprint density at radius 1 is 0.455 bits per heavy atom. The highest BCUT2D eigenvalue weighted by atomic mass is 14.3. The van der Waals surface area contributed by atoms with Crippen molar-refractivity contribution in [2.24, 2.45) is 11.8 Å². The minimum absolute atomic E-state index is 1.14. The Morgan fingerprint density at radius 3 is 1.09 bits per heavy atom. The summed E-state index contributed by atoms with van der Waals surface area (Å²) in [6.07, 6.45) is 15.4. The van der Waals surface area contributed by atoms with Crippen LogP contribution in [0.15, 0.2) is 48.5 Å². The fraction of sp³-hybridized carbons (Fsp3) is 0.545. The third kappa shape index (κ3) is 4.35. The zero-order chi connectivity index (χ0) is 15.0. The molecule has 0 amide bonds. The normalized spacial score (nSPS) is 20.4. The Balaban J connectivity index is 0.000000133. The second-order valence-electron chi connectivity index (χ2n) is 7.14. The van der Waals surface area contributed by atoms with Gasteiger partial charge in [0.15, 0.2) is 0 Å². The number of hydrogen-bond donors (Lipinski definition) is 0. The summed E-state index contributed by atoms with van der Waals surface area (Å²) in [5.41, 5.74) is 0. The lowest BCUT2D eigenvalue weighted by atomic mass is 9.73. The van der Waals surface area contributed by atoms with Gasteiger partial charge in [-0.15, -0.1) is 0 Å². The van der Waals surface area contributed by atoms with Crippen LogP contribution in [-0.2, 0) is 0 Å². The van der Waals surface area contributed by atoms with Crippen molar-refractivity contribution >= 4 is 10.8 Å². The predicted molar refractivity (Wildman–Crippen MR) is 97.1 cm³/mol. The fourth-order valence-corrected chi connectivity index (χ4v) is 4.34. The third-order valence-corrected chi connectivity index (χ3v) is 5.63. The number of hydrogen-bond acceptors (Lipinski definition) is 0. The van der Waals surface area contributed by atoms with Gasteiger partial charge in [-0.25, -0.2) is 0 Å². The lowest BCUT2D eigenvalue weighted by Gasteiger charge is -2.32. The van der Waals surface area contributed by atoms with Crippen LogP contribution in [0.3, 0.4) is 0 Å². The molecule has 118 valence electrons. The second kappa shape index (κ2) is 8.36. The van der Waals surface area contributed by atoms with Crippen molar-refractivity contribution in [2.75, 3.05) is 0 Å². The topological polar surface area (TPSA) is 0 Å². The Kier molecular flexibility index (Phi) is 5.93. The van der Waals surface area contributed by atoms with Gasteiger partial charge in [0.05, 0.1) is 0 Å². The lowest BCUT2D eigenvalue weighted by Crippen LogP contribution is -2.20. The molecule has 0 atom stereocenters. The van der Waals surface area contributed by atoms with E-state index in [1.807, 2.05) is 0 Å². The van der Waals surface area contributed by atoms with Crippen molar-refractivity contribution in [1.82, 2.24) is 0 Å². The smallest absolute Gasteiger partial charge is 0.0184 e. The molecule has 2 aliphatic carbocycles. The van der Waals surface area contributed by atoms with Gasteiger partial charge in [-0.1, -0.05) is 113 Å². The maximum absolute atomic E-state index is 2.12. The predicted octanol–water partition coefficient (Wildman–Crippen LogP) is 6.99. The van der Waals surface area contributed by atoms with E-state index in [9.17, 15) is 0 Å². The van der Waals surface area contributed by atoms with E-state index in [-0.39, 0.29) is 0 Å². The highest BCUT2D eigenvalue weighted by Crippen LogP contribution is 2.37. The number of rotatable bonds is 1. The van der Waals surface area contributed by atoms with E-state index in [0.29, 0.717) is 0 Å². The monoisotopic (exact) mass is 294 g/mol. The molecule has 0 heteroatoms. The van der Waals surface area contributed by atoms with Gasteiger partial charge in [0.25, 0.3) is 0 Å². The minimum atomic E-state index is 1.14. The molecule has 0 saturated heterocycles. The van der Waals surface area contributed by atoms with Gasteiger partial charge >= 0.3 is 0 Å². The molecule has 2 saturated carbocycles. The maximum Gasteiger partial charge on any atom is -0.0184 e. The molecular formula is C22H30. The Labute approximate surface area is 135 Å². The van der Waals surface area contributed by atoms with Crippen LogP contribution in [0.2, 0.25) is 0 Å². The van der Waals surface area contributed by atoms with E-state index in [1.54, 1.807) is 25.7 Å². The van der Waals surface area contributed by atoms with Crippen LogP contribution < -0.4 is 0 Å². The highest BCUT2D eigenvalue weighted by molar-refractivity contribution is 5.81. The van der Waals surface area contributed by atoms with E-state index < -0.39 is 0 Å². The van der Waals surface area contributed by atoms with Crippen LogP contribution in [0, 0.1) is 11.8 Å². The van der Waals surface area contributed by atoms with Crippen LogP contribution in [-0.4, -0.2) is 0 Å². The Hall–Kier alpha value is -1.30. The molecular weight excluding hydrogens is 264 g/mol. The quantitative estimate of drug-likeness (QED) is 0.532. The average Bonchev–Trinajstić information content (AvgIpc) is 2.64. The van der Waals surface area contributed by atoms with Crippen molar-refractivity contribution in [2.45, 2.75) is 64.2 Å². The first-order chi connectivity index (χ1) is 10.9. The molecule has 4 rings (SSSR count). The van der Waals surface area contributed by atoms with Gasteiger partial charge in [0, 0.05) is 0 Å². The van der Waals surface area contributed by atoms with E-state index in [1.165, 1.54) is 49.3 Å². The first kappa shape index (κ1) is 15.6. The summed E-state index contributed by atoms with van der Waals surface area (Å²) in [6, 6.07) is 16.7. The van der Waals surface area contributed by atoms with Gasteiger partial charge in [0.2, 0.25) is 0 Å². The number of fused-ring (bicyclic) bond motifs is 1. The minimum Gasteiger partial charge on any atom is -0.0616 e. The van der Waals surface area contributed by atoms with E-state index in [0.717, 1.165) is 11.8 Å². The summed E-state index contributed by atoms with van der Waals surface area (Å²) in [5, 5.41) is 2.62.